The van der Waals surface area contributed by atoms with Crippen molar-refractivity contribution in [1.29, 1.82) is 0 Å². The molecule has 0 spiro atoms. The van der Waals surface area contributed by atoms with Gasteiger partial charge in [-0.2, -0.15) is 4.80 Å². The van der Waals surface area contributed by atoms with Gasteiger partial charge in [-0.05, 0) is 43.2 Å². The number of tetrazole rings is 1. The van der Waals surface area contributed by atoms with Crippen LogP contribution in [0.2, 0.25) is 0 Å². The molecule has 1 N–H and O–H groups in total. The maximum absolute atomic E-state index is 13.4. The molecular formula is C25H37N7O5. The molecule has 1 aromatic carbocycles. The number of nitrogens with zero attached hydrogens (tertiary/aromatic N) is 6. The maximum Gasteiger partial charge on any atom is 0.246 e. The largest absolute Gasteiger partial charge is 0.493 e. The highest BCUT2D eigenvalue weighted by Crippen LogP contribution is 2.30. The predicted molar refractivity (Wildman–Crippen MR) is 135 cm³/mol. The SMILES string of the molecule is COc1ccc(-c2nnn(CC(=O)N(CCN3CCOCC3)C(C)C(=O)NC3CCCC3)n2)cc1OC. The zero-order chi connectivity index (χ0) is 26.2. The smallest absolute Gasteiger partial charge is 0.246 e. The zero-order valence-corrected chi connectivity index (χ0v) is 21.9. The second-order valence-corrected chi connectivity index (χ2v) is 9.42. The number of amides is 2. The lowest BCUT2D eigenvalue weighted by Crippen LogP contribution is -2.53. The molecule has 202 valence electrons. The molecule has 2 heterocycles. The van der Waals surface area contributed by atoms with Crippen molar-refractivity contribution in [2.75, 3.05) is 53.6 Å². The number of hydrogen-bond donors (Lipinski definition) is 1. The lowest BCUT2D eigenvalue weighted by atomic mass is 10.2. The lowest BCUT2D eigenvalue weighted by molar-refractivity contribution is -0.141. The van der Waals surface area contributed by atoms with Crippen molar-refractivity contribution in [3.8, 4) is 22.9 Å². The molecule has 2 aromatic rings. The van der Waals surface area contributed by atoms with Gasteiger partial charge in [-0.25, -0.2) is 0 Å². The minimum absolute atomic E-state index is 0.121. The van der Waals surface area contributed by atoms with Gasteiger partial charge in [0.2, 0.25) is 17.6 Å². The van der Waals surface area contributed by atoms with Crippen molar-refractivity contribution in [3.63, 3.8) is 0 Å². The van der Waals surface area contributed by atoms with Gasteiger partial charge in [0.05, 0.1) is 27.4 Å². The topological polar surface area (TPSA) is 124 Å². The molecule has 1 unspecified atom stereocenters. The van der Waals surface area contributed by atoms with Crippen LogP contribution in [-0.2, 0) is 20.9 Å². The fourth-order valence-electron chi connectivity index (χ4n) is 4.75. The Morgan fingerprint density at radius 1 is 1.16 bits per heavy atom. The van der Waals surface area contributed by atoms with Crippen LogP contribution < -0.4 is 14.8 Å². The highest BCUT2D eigenvalue weighted by molar-refractivity contribution is 5.87. The molecule has 1 aromatic heterocycles. The monoisotopic (exact) mass is 515 g/mol. The van der Waals surface area contributed by atoms with Gasteiger partial charge in [-0.15, -0.1) is 10.2 Å². The second-order valence-electron chi connectivity index (χ2n) is 9.42. The summed E-state index contributed by atoms with van der Waals surface area (Å²) in [6.07, 6.45) is 4.22. The Morgan fingerprint density at radius 2 is 1.89 bits per heavy atom. The van der Waals surface area contributed by atoms with Crippen LogP contribution in [0.15, 0.2) is 18.2 Å². The van der Waals surface area contributed by atoms with E-state index in [9.17, 15) is 9.59 Å². The summed E-state index contributed by atoms with van der Waals surface area (Å²) in [5, 5.41) is 15.7. The summed E-state index contributed by atoms with van der Waals surface area (Å²) < 4.78 is 16.1. The standard InChI is InChI=1S/C25H37N7O5/c1-18(25(34)26-20-6-4-5-7-20)31(11-10-30-12-14-37-15-13-30)23(33)17-32-28-24(27-29-32)19-8-9-21(35-2)22(16-19)36-3/h8-9,16,18,20H,4-7,10-15,17H2,1-3H3,(H,26,34). The third kappa shape index (κ3) is 6.95. The van der Waals surface area contributed by atoms with Crippen LogP contribution in [0.1, 0.15) is 32.6 Å². The minimum atomic E-state index is -0.608. The van der Waals surface area contributed by atoms with E-state index < -0.39 is 6.04 Å². The van der Waals surface area contributed by atoms with Crippen LogP contribution in [0.25, 0.3) is 11.4 Å². The van der Waals surface area contributed by atoms with Gasteiger partial charge >= 0.3 is 0 Å². The Morgan fingerprint density at radius 3 is 2.59 bits per heavy atom. The van der Waals surface area contributed by atoms with Gasteiger partial charge in [-0.3, -0.25) is 14.5 Å². The van der Waals surface area contributed by atoms with E-state index in [1.165, 1.54) is 4.80 Å². The number of carbonyl (C=O) groups is 2. The van der Waals surface area contributed by atoms with Crippen LogP contribution in [0.4, 0.5) is 0 Å². The van der Waals surface area contributed by atoms with E-state index in [1.807, 2.05) is 0 Å². The summed E-state index contributed by atoms with van der Waals surface area (Å²) in [6.45, 7) is 5.72. The van der Waals surface area contributed by atoms with E-state index in [1.54, 1.807) is 44.2 Å². The first-order chi connectivity index (χ1) is 18.0. The summed E-state index contributed by atoms with van der Waals surface area (Å²) in [6, 6.07) is 4.90. The number of ether oxygens (including phenoxy) is 3. The van der Waals surface area contributed by atoms with E-state index >= 15 is 0 Å². The molecule has 1 saturated carbocycles. The van der Waals surface area contributed by atoms with E-state index in [2.05, 4.69) is 25.6 Å². The first kappa shape index (κ1) is 26.8. The summed E-state index contributed by atoms with van der Waals surface area (Å²) in [5.41, 5.74) is 0.685. The predicted octanol–water partition coefficient (Wildman–Crippen LogP) is 0.965. The summed E-state index contributed by atoms with van der Waals surface area (Å²) in [7, 11) is 3.12. The average Bonchev–Trinajstić information content (AvgIpc) is 3.61. The number of aromatic nitrogens is 4. The molecule has 2 fully saturated rings. The van der Waals surface area contributed by atoms with Crippen molar-refractivity contribution in [2.45, 2.75) is 51.2 Å². The molecule has 12 heteroatoms. The number of nitrogens with one attached hydrogen (secondary N) is 1. The molecule has 37 heavy (non-hydrogen) atoms. The molecule has 0 radical (unpaired) electrons. The fourth-order valence-corrected chi connectivity index (χ4v) is 4.75. The van der Waals surface area contributed by atoms with Crippen LogP contribution in [-0.4, -0.2) is 108 Å². The number of benzene rings is 1. The van der Waals surface area contributed by atoms with E-state index in [-0.39, 0.29) is 24.4 Å². The number of hydrogen-bond acceptors (Lipinski definition) is 9. The van der Waals surface area contributed by atoms with Crippen molar-refractivity contribution in [3.05, 3.63) is 18.2 Å². The second kappa shape index (κ2) is 12.8. The summed E-state index contributed by atoms with van der Waals surface area (Å²) in [4.78, 5) is 31.6. The van der Waals surface area contributed by atoms with E-state index in [4.69, 9.17) is 14.2 Å². The highest BCUT2D eigenvalue weighted by atomic mass is 16.5. The Labute approximate surface area is 217 Å². The number of carbonyl (C=O) groups excluding carboxylic acids is 2. The average molecular weight is 516 g/mol. The molecule has 2 amide bonds. The Balaban J connectivity index is 1.44. The molecule has 1 aliphatic carbocycles. The normalized spacial score (nSPS) is 17.4. The minimum Gasteiger partial charge on any atom is -0.493 e. The highest BCUT2D eigenvalue weighted by Gasteiger charge is 2.29. The first-order valence-electron chi connectivity index (χ1n) is 12.9. The quantitative estimate of drug-likeness (QED) is 0.466. The van der Waals surface area contributed by atoms with Crippen molar-refractivity contribution < 1.29 is 23.8 Å². The molecule has 12 nitrogen and oxygen atoms in total. The zero-order valence-electron chi connectivity index (χ0n) is 21.9. The third-order valence-corrected chi connectivity index (χ3v) is 7.00. The van der Waals surface area contributed by atoms with Crippen LogP contribution in [0, 0.1) is 0 Å². The first-order valence-corrected chi connectivity index (χ1v) is 12.9. The molecule has 0 bridgehead atoms. The van der Waals surface area contributed by atoms with Crippen molar-refractivity contribution in [1.82, 2.24) is 35.3 Å². The van der Waals surface area contributed by atoms with Gasteiger partial charge in [0.1, 0.15) is 12.6 Å². The van der Waals surface area contributed by atoms with Crippen LogP contribution in [0.3, 0.4) is 0 Å². The molecule has 4 rings (SSSR count). The fraction of sp³-hybridized carbons (Fsp3) is 0.640. The molecule has 1 saturated heterocycles. The van der Waals surface area contributed by atoms with E-state index in [0.717, 1.165) is 38.8 Å². The maximum atomic E-state index is 13.4. The van der Waals surface area contributed by atoms with Crippen molar-refractivity contribution >= 4 is 11.8 Å². The number of rotatable bonds is 11. The number of morpholine rings is 1. The van der Waals surface area contributed by atoms with Crippen LogP contribution in [0.5, 0.6) is 11.5 Å². The Hall–Kier alpha value is -3.25. The summed E-state index contributed by atoms with van der Waals surface area (Å²) in [5.74, 6) is 1.14. The molecule has 1 aliphatic heterocycles. The Bertz CT molecular complexity index is 1050. The molecule has 1 atom stereocenters. The number of methoxy groups -OCH3 is 2. The lowest BCUT2D eigenvalue weighted by Gasteiger charge is -2.33. The van der Waals surface area contributed by atoms with Gasteiger partial charge in [-0.1, -0.05) is 12.8 Å². The Kier molecular flexibility index (Phi) is 9.29. The van der Waals surface area contributed by atoms with Crippen molar-refractivity contribution in [2.24, 2.45) is 0 Å². The molecule has 2 aliphatic rings. The van der Waals surface area contributed by atoms with Gasteiger partial charge in [0, 0.05) is 37.8 Å². The summed E-state index contributed by atoms with van der Waals surface area (Å²) >= 11 is 0. The van der Waals surface area contributed by atoms with Gasteiger partial charge in [0.15, 0.2) is 11.5 Å². The van der Waals surface area contributed by atoms with Gasteiger partial charge in [0.25, 0.3) is 0 Å². The molecular weight excluding hydrogens is 478 g/mol. The van der Waals surface area contributed by atoms with E-state index in [0.29, 0.717) is 49.2 Å². The van der Waals surface area contributed by atoms with Gasteiger partial charge < -0.3 is 24.4 Å². The third-order valence-electron chi connectivity index (χ3n) is 7.00. The van der Waals surface area contributed by atoms with Crippen LogP contribution >= 0.6 is 0 Å².